The Morgan fingerprint density at radius 1 is 0.880 bits per heavy atom. The summed E-state index contributed by atoms with van der Waals surface area (Å²) in [4.78, 5) is 10.6. The van der Waals surface area contributed by atoms with Gasteiger partial charge in [-0.2, -0.15) is 0 Å². The van der Waals surface area contributed by atoms with Gasteiger partial charge in [0.05, 0.1) is 5.56 Å². The highest BCUT2D eigenvalue weighted by Gasteiger charge is 2.02. The fraction of sp³-hybridized carbons (Fsp3) is 0.381. The molecule has 4 heteroatoms. The average molecular weight is 343 g/mol. The standard InChI is InChI=1S/C13H10O3.C8H19N/c14-13(15)10-6-8-12(9-7-10)16-11-4-2-1-3-5-11;1-3-5-7-9-8-6-4-2/h1-9H,(H,14,15);9H,3-8H2,1-2H3. The van der Waals surface area contributed by atoms with Gasteiger partial charge in [-0.3, -0.25) is 0 Å². The SMILES string of the molecule is CCCCNCCCC.O=C(O)c1ccc(Oc2ccccc2)cc1. The Kier molecular flexibility index (Phi) is 10.8. The number of unbranched alkanes of at least 4 members (excludes halogenated alkanes) is 2. The number of para-hydroxylation sites is 1. The molecule has 0 spiro atoms. The van der Waals surface area contributed by atoms with Gasteiger partial charge >= 0.3 is 5.97 Å². The van der Waals surface area contributed by atoms with E-state index in [2.05, 4.69) is 19.2 Å². The smallest absolute Gasteiger partial charge is 0.335 e. The van der Waals surface area contributed by atoms with E-state index < -0.39 is 5.97 Å². The van der Waals surface area contributed by atoms with Gasteiger partial charge in [-0.25, -0.2) is 4.79 Å². The molecule has 0 bridgehead atoms. The van der Waals surface area contributed by atoms with E-state index in [0.717, 1.165) is 5.75 Å². The number of ether oxygens (including phenoxy) is 1. The fourth-order valence-corrected chi connectivity index (χ4v) is 2.02. The van der Waals surface area contributed by atoms with E-state index in [1.54, 1.807) is 12.1 Å². The molecule has 0 heterocycles. The summed E-state index contributed by atoms with van der Waals surface area (Å²) in [5, 5.41) is 12.1. The van der Waals surface area contributed by atoms with E-state index in [-0.39, 0.29) is 5.56 Å². The summed E-state index contributed by atoms with van der Waals surface area (Å²) < 4.78 is 5.52. The number of hydrogen-bond donors (Lipinski definition) is 2. The molecule has 0 atom stereocenters. The molecule has 25 heavy (non-hydrogen) atoms. The van der Waals surface area contributed by atoms with Crippen molar-refractivity contribution in [2.45, 2.75) is 39.5 Å². The molecule has 136 valence electrons. The summed E-state index contributed by atoms with van der Waals surface area (Å²) in [6.07, 6.45) is 5.26. The van der Waals surface area contributed by atoms with Gasteiger partial charge in [0.2, 0.25) is 0 Å². The zero-order chi connectivity index (χ0) is 18.3. The molecule has 2 aromatic carbocycles. The largest absolute Gasteiger partial charge is 0.478 e. The van der Waals surface area contributed by atoms with Crippen LogP contribution in [0.4, 0.5) is 0 Å². The second kappa shape index (κ2) is 13.0. The van der Waals surface area contributed by atoms with Crippen LogP contribution in [0.5, 0.6) is 11.5 Å². The van der Waals surface area contributed by atoms with Gasteiger partial charge in [0.1, 0.15) is 11.5 Å². The molecular weight excluding hydrogens is 314 g/mol. The monoisotopic (exact) mass is 343 g/mol. The highest BCUT2D eigenvalue weighted by Crippen LogP contribution is 2.20. The van der Waals surface area contributed by atoms with Gasteiger partial charge in [0.15, 0.2) is 0 Å². The molecule has 0 fully saturated rings. The van der Waals surface area contributed by atoms with Crippen LogP contribution < -0.4 is 10.1 Å². The fourth-order valence-electron chi connectivity index (χ4n) is 2.02. The van der Waals surface area contributed by atoms with Crippen molar-refractivity contribution >= 4 is 5.97 Å². The van der Waals surface area contributed by atoms with Gasteiger partial charge in [0, 0.05) is 0 Å². The molecule has 0 radical (unpaired) electrons. The van der Waals surface area contributed by atoms with Crippen molar-refractivity contribution in [2.24, 2.45) is 0 Å². The van der Waals surface area contributed by atoms with Crippen molar-refractivity contribution < 1.29 is 14.6 Å². The third-order valence-corrected chi connectivity index (χ3v) is 3.49. The number of aromatic carboxylic acids is 1. The average Bonchev–Trinajstić information content (AvgIpc) is 2.63. The Bertz CT molecular complexity index is 576. The van der Waals surface area contributed by atoms with E-state index in [4.69, 9.17) is 9.84 Å². The predicted molar refractivity (Wildman–Crippen MR) is 103 cm³/mol. The van der Waals surface area contributed by atoms with Crippen LogP contribution in [0, 0.1) is 0 Å². The van der Waals surface area contributed by atoms with Crippen molar-refractivity contribution in [1.82, 2.24) is 5.32 Å². The lowest BCUT2D eigenvalue weighted by atomic mass is 10.2. The predicted octanol–water partition coefficient (Wildman–Crippen LogP) is 5.35. The number of carbonyl (C=O) groups is 1. The molecule has 2 aromatic rings. The van der Waals surface area contributed by atoms with Crippen LogP contribution in [0.25, 0.3) is 0 Å². The molecule has 0 aromatic heterocycles. The zero-order valence-corrected chi connectivity index (χ0v) is 15.2. The molecule has 0 saturated carbocycles. The first-order valence-corrected chi connectivity index (χ1v) is 8.94. The summed E-state index contributed by atoms with van der Waals surface area (Å²) in [7, 11) is 0. The second-order valence-electron chi connectivity index (χ2n) is 5.70. The molecule has 0 aliphatic heterocycles. The molecule has 0 amide bonds. The minimum absolute atomic E-state index is 0.250. The summed E-state index contributed by atoms with van der Waals surface area (Å²) in [5.74, 6) is 0.410. The van der Waals surface area contributed by atoms with E-state index in [1.807, 2.05) is 30.3 Å². The van der Waals surface area contributed by atoms with E-state index in [0.29, 0.717) is 5.75 Å². The highest BCUT2D eigenvalue weighted by atomic mass is 16.5. The first kappa shape index (κ1) is 20.7. The van der Waals surface area contributed by atoms with Crippen molar-refractivity contribution in [2.75, 3.05) is 13.1 Å². The van der Waals surface area contributed by atoms with E-state index in [1.165, 1.54) is 50.9 Å². The Labute approximate surface area is 150 Å². The molecule has 0 saturated heterocycles. The first-order valence-electron chi connectivity index (χ1n) is 8.94. The molecule has 4 nitrogen and oxygen atoms in total. The number of benzene rings is 2. The van der Waals surface area contributed by atoms with Gasteiger partial charge < -0.3 is 15.2 Å². The Morgan fingerprint density at radius 3 is 1.88 bits per heavy atom. The van der Waals surface area contributed by atoms with Gasteiger partial charge in [-0.05, 0) is 62.3 Å². The van der Waals surface area contributed by atoms with E-state index in [9.17, 15) is 4.79 Å². The van der Waals surface area contributed by atoms with Crippen LogP contribution in [-0.4, -0.2) is 24.2 Å². The quantitative estimate of drug-likeness (QED) is 0.602. The van der Waals surface area contributed by atoms with Crippen LogP contribution in [0.15, 0.2) is 54.6 Å². The summed E-state index contributed by atoms with van der Waals surface area (Å²) >= 11 is 0. The van der Waals surface area contributed by atoms with Crippen molar-refractivity contribution in [3.63, 3.8) is 0 Å². The maximum atomic E-state index is 10.6. The summed E-state index contributed by atoms with van der Waals surface area (Å²) in [5.41, 5.74) is 0.250. The van der Waals surface area contributed by atoms with Crippen LogP contribution in [0.3, 0.4) is 0 Å². The van der Waals surface area contributed by atoms with Crippen molar-refractivity contribution in [1.29, 1.82) is 0 Å². The van der Waals surface area contributed by atoms with Gasteiger partial charge in [-0.1, -0.05) is 44.9 Å². The second-order valence-corrected chi connectivity index (χ2v) is 5.70. The lowest BCUT2D eigenvalue weighted by Crippen LogP contribution is -2.15. The zero-order valence-electron chi connectivity index (χ0n) is 15.2. The lowest BCUT2D eigenvalue weighted by Gasteiger charge is -2.05. The third-order valence-electron chi connectivity index (χ3n) is 3.49. The maximum Gasteiger partial charge on any atom is 0.335 e. The molecule has 0 aliphatic rings. The third kappa shape index (κ3) is 9.52. The Balaban J connectivity index is 0.000000299. The Morgan fingerprint density at radius 2 is 1.40 bits per heavy atom. The van der Waals surface area contributed by atoms with Gasteiger partial charge in [0.25, 0.3) is 0 Å². The van der Waals surface area contributed by atoms with Crippen LogP contribution in [0.2, 0.25) is 0 Å². The number of hydrogen-bond acceptors (Lipinski definition) is 3. The van der Waals surface area contributed by atoms with Crippen LogP contribution >= 0.6 is 0 Å². The summed E-state index contributed by atoms with van der Waals surface area (Å²) in [6, 6.07) is 15.6. The number of nitrogens with one attached hydrogen (secondary N) is 1. The lowest BCUT2D eigenvalue weighted by molar-refractivity contribution is 0.0697. The minimum Gasteiger partial charge on any atom is -0.478 e. The van der Waals surface area contributed by atoms with Crippen LogP contribution in [-0.2, 0) is 0 Å². The normalized spacial score (nSPS) is 9.84. The summed E-state index contributed by atoms with van der Waals surface area (Å²) in [6.45, 7) is 6.86. The number of carboxylic acid groups (broad SMARTS) is 1. The molecule has 0 aliphatic carbocycles. The van der Waals surface area contributed by atoms with Gasteiger partial charge in [-0.15, -0.1) is 0 Å². The van der Waals surface area contributed by atoms with E-state index >= 15 is 0 Å². The number of rotatable bonds is 9. The van der Waals surface area contributed by atoms with Crippen molar-refractivity contribution in [3.05, 3.63) is 60.2 Å². The maximum absolute atomic E-state index is 10.6. The molecule has 0 unspecified atom stereocenters. The highest BCUT2D eigenvalue weighted by molar-refractivity contribution is 5.87. The van der Waals surface area contributed by atoms with Crippen LogP contribution in [0.1, 0.15) is 49.9 Å². The topological polar surface area (TPSA) is 58.6 Å². The molecule has 2 N–H and O–H groups in total. The Hall–Kier alpha value is -2.33. The first-order chi connectivity index (χ1) is 12.2. The molecule has 2 rings (SSSR count). The van der Waals surface area contributed by atoms with Crippen molar-refractivity contribution in [3.8, 4) is 11.5 Å². The number of carboxylic acids is 1. The molecular formula is C21H29NO3. The minimum atomic E-state index is -0.939.